The first-order valence-electron chi connectivity index (χ1n) is 3.12. The van der Waals surface area contributed by atoms with Crippen LogP contribution >= 0.6 is 27.5 Å². The molecule has 0 amide bonds. The lowest BCUT2D eigenvalue weighted by Crippen LogP contribution is -1.94. The van der Waals surface area contributed by atoms with Gasteiger partial charge in [-0.15, -0.1) is 0 Å². The molecule has 0 aliphatic rings. The molecule has 1 aromatic rings. The molecule has 12 heavy (non-hydrogen) atoms. The van der Waals surface area contributed by atoms with Crippen molar-refractivity contribution in [2.24, 2.45) is 0 Å². The average Bonchev–Trinajstić information content (AvgIpc) is 1.97. The summed E-state index contributed by atoms with van der Waals surface area (Å²) < 4.78 is 25.0. The molecule has 0 fully saturated rings. The van der Waals surface area contributed by atoms with Gasteiger partial charge in [0.1, 0.15) is 5.15 Å². The van der Waals surface area contributed by atoms with Gasteiger partial charge >= 0.3 is 0 Å². The van der Waals surface area contributed by atoms with Crippen molar-refractivity contribution < 1.29 is 8.78 Å². The van der Waals surface area contributed by atoms with Crippen LogP contribution in [-0.4, -0.2) is 4.98 Å². The molecule has 1 nitrogen and oxygen atoms in total. The van der Waals surface area contributed by atoms with Crippen molar-refractivity contribution in [1.29, 1.82) is 0 Å². The minimum Gasteiger partial charge on any atom is -0.243 e. The van der Waals surface area contributed by atoms with Gasteiger partial charge in [-0.3, -0.25) is 0 Å². The van der Waals surface area contributed by atoms with E-state index in [0.717, 1.165) is 0 Å². The third-order valence-electron chi connectivity index (χ3n) is 1.48. The quantitative estimate of drug-likeness (QED) is 0.698. The minimum atomic E-state index is -2.53. The summed E-state index contributed by atoms with van der Waals surface area (Å²) in [6, 6.07) is 0. The number of aromatic nitrogens is 1. The van der Waals surface area contributed by atoms with E-state index in [0.29, 0.717) is 10.0 Å². The molecule has 1 heterocycles. The molecule has 1 rings (SSSR count). The Morgan fingerprint density at radius 2 is 2.17 bits per heavy atom. The molecule has 0 N–H and O–H groups in total. The standard InChI is InChI=1S/C7H5BrClF2N/c1-3-5(7(10)11)4(8)2-12-6(3)9/h2,7H,1H3. The summed E-state index contributed by atoms with van der Waals surface area (Å²) in [5.41, 5.74) is 0.232. The molecule has 0 spiro atoms. The zero-order valence-electron chi connectivity index (χ0n) is 6.11. The second-order valence-electron chi connectivity index (χ2n) is 2.24. The highest BCUT2D eigenvalue weighted by atomic mass is 79.9. The first-order chi connectivity index (χ1) is 5.54. The van der Waals surface area contributed by atoms with Crippen LogP contribution in [0.2, 0.25) is 5.15 Å². The molecule has 5 heteroatoms. The highest BCUT2D eigenvalue weighted by molar-refractivity contribution is 9.10. The monoisotopic (exact) mass is 255 g/mol. The van der Waals surface area contributed by atoms with Crippen LogP contribution in [0.4, 0.5) is 8.78 Å². The predicted octanol–water partition coefficient (Wildman–Crippen LogP) is 3.74. The van der Waals surface area contributed by atoms with Crippen molar-refractivity contribution in [2.75, 3.05) is 0 Å². The Balaban J connectivity index is 3.33. The Morgan fingerprint density at radius 1 is 1.58 bits per heavy atom. The third kappa shape index (κ3) is 1.75. The highest BCUT2D eigenvalue weighted by Gasteiger charge is 2.16. The van der Waals surface area contributed by atoms with E-state index in [-0.39, 0.29) is 10.7 Å². The van der Waals surface area contributed by atoms with Gasteiger partial charge in [0.2, 0.25) is 0 Å². The van der Waals surface area contributed by atoms with Crippen LogP contribution in [0.3, 0.4) is 0 Å². The lowest BCUT2D eigenvalue weighted by Gasteiger charge is -2.07. The topological polar surface area (TPSA) is 12.9 Å². The van der Waals surface area contributed by atoms with Crippen molar-refractivity contribution in [3.63, 3.8) is 0 Å². The van der Waals surface area contributed by atoms with E-state index in [4.69, 9.17) is 11.6 Å². The second-order valence-corrected chi connectivity index (χ2v) is 3.45. The molecule has 0 bridgehead atoms. The van der Waals surface area contributed by atoms with Crippen molar-refractivity contribution in [1.82, 2.24) is 4.98 Å². The Bertz CT molecular complexity index is 304. The van der Waals surface area contributed by atoms with Crippen LogP contribution in [0.1, 0.15) is 17.6 Å². The van der Waals surface area contributed by atoms with Gasteiger partial charge in [-0.05, 0) is 28.4 Å². The van der Waals surface area contributed by atoms with Crippen LogP contribution in [0.15, 0.2) is 10.7 Å². The SMILES string of the molecule is Cc1c(Cl)ncc(Br)c1C(F)F. The lowest BCUT2D eigenvalue weighted by molar-refractivity contribution is 0.149. The summed E-state index contributed by atoms with van der Waals surface area (Å²) in [6.45, 7) is 1.52. The van der Waals surface area contributed by atoms with Crippen molar-refractivity contribution in [3.8, 4) is 0 Å². The van der Waals surface area contributed by atoms with Gasteiger partial charge in [0.05, 0.1) is 0 Å². The van der Waals surface area contributed by atoms with Crippen molar-refractivity contribution >= 4 is 27.5 Å². The van der Waals surface area contributed by atoms with Crippen molar-refractivity contribution in [3.05, 3.63) is 26.9 Å². The fourth-order valence-electron chi connectivity index (χ4n) is 0.838. The van der Waals surface area contributed by atoms with E-state index in [1.165, 1.54) is 13.1 Å². The molecule has 0 atom stereocenters. The average molecular weight is 256 g/mol. The molecule has 0 radical (unpaired) electrons. The van der Waals surface area contributed by atoms with E-state index in [1.54, 1.807) is 0 Å². The molecular formula is C7H5BrClF2N. The highest BCUT2D eigenvalue weighted by Crippen LogP contribution is 2.32. The largest absolute Gasteiger partial charge is 0.265 e. The Labute approximate surface area is 81.9 Å². The predicted molar refractivity (Wildman–Crippen MR) is 46.6 cm³/mol. The van der Waals surface area contributed by atoms with E-state index in [2.05, 4.69) is 20.9 Å². The van der Waals surface area contributed by atoms with Gasteiger partial charge in [-0.1, -0.05) is 11.6 Å². The van der Waals surface area contributed by atoms with Crippen molar-refractivity contribution in [2.45, 2.75) is 13.3 Å². The van der Waals surface area contributed by atoms with Crippen LogP contribution < -0.4 is 0 Å². The smallest absolute Gasteiger partial charge is 0.243 e. The maximum absolute atomic E-state index is 12.4. The normalized spacial score (nSPS) is 10.8. The zero-order chi connectivity index (χ0) is 9.30. The zero-order valence-corrected chi connectivity index (χ0v) is 8.46. The van der Waals surface area contributed by atoms with Crippen LogP contribution in [0.25, 0.3) is 0 Å². The number of hydrogen-bond donors (Lipinski definition) is 0. The van der Waals surface area contributed by atoms with E-state index in [9.17, 15) is 8.78 Å². The van der Waals surface area contributed by atoms with Gasteiger partial charge in [0, 0.05) is 16.2 Å². The molecule has 66 valence electrons. The molecule has 1 aromatic heterocycles. The number of hydrogen-bond acceptors (Lipinski definition) is 1. The summed E-state index contributed by atoms with van der Waals surface area (Å²) >= 11 is 8.55. The molecule has 0 saturated carbocycles. The van der Waals surface area contributed by atoms with E-state index >= 15 is 0 Å². The summed E-state index contributed by atoms with van der Waals surface area (Å²) in [6.07, 6.45) is -1.25. The van der Waals surface area contributed by atoms with Gasteiger partial charge in [-0.25, -0.2) is 13.8 Å². The summed E-state index contributed by atoms with van der Waals surface area (Å²) in [7, 11) is 0. The lowest BCUT2D eigenvalue weighted by atomic mass is 10.2. The fraction of sp³-hybridized carbons (Fsp3) is 0.286. The van der Waals surface area contributed by atoms with Gasteiger partial charge in [0.15, 0.2) is 0 Å². The van der Waals surface area contributed by atoms with Gasteiger partial charge in [0.25, 0.3) is 6.43 Å². The summed E-state index contributed by atoms with van der Waals surface area (Å²) in [4.78, 5) is 3.71. The molecule has 0 aliphatic heterocycles. The van der Waals surface area contributed by atoms with Gasteiger partial charge < -0.3 is 0 Å². The first-order valence-corrected chi connectivity index (χ1v) is 4.29. The molecule has 0 saturated heterocycles. The molecule has 0 aromatic carbocycles. The molecular weight excluding hydrogens is 251 g/mol. The maximum atomic E-state index is 12.4. The van der Waals surface area contributed by atoms with E-state index < -0.39 is 6.43 Å². The summed E-state index contributed by atoms with van der Waals surface area (Å²) in [5.74, 6) is 0. The van der Waals surface area contributed by atoms with Crippen LogP contribution in [0, 0.1) is 6.92 Å². The van der Waals surface area contributed by atoms with Crippen LogP contribution in [-0.2, 0) is 0 Å². The van der Waals surface area contributed by atoms with Crippen LogP contribution in [0.5, 0.6) is 0 Å². The number of alkyl halides is 2. The number of halogens is 4. The molecule has 0 aliphatic carbocycles. The molecule has 0 unspecified atom stereocenters. The Kier molecular flexibility index (Phi) is 3.01. The Morgan fingerprint density at radius 3 is 2.58 bits per heavy atom. The number of rotatable bonds is 1. The summed E-state index contributed by atoms with van der Waals surface area (Å²) in [5, 5.41) is 0.119. The fourth-order valence-corrected chi connectivity index (χ4v) is 1.56. The minimum absolute atomic E-state index is 0.0880. The van der Waals surface area contributed by atoms with E-state index in [1.807, 2.05) is 0 Å². The number of pyridine rings is 1. The van der Waals surface area contributed by atoms with Gasteiger partial charge in [-0.2, -0.15) is 0 Å². The number of nitrogens with zero attached hydrogens (tertiary/aromatic N) is 1. The second kappa shape index (κ2) is 3.66. The Hall–Kier alpha value is -0.220. The first kappa shape index (κ1) is 9.86. The third-order valence-corrected chi connectivity index (χ3v) is 2.49. The maximum Gasteiger partial charge on any atom is 0.265 e.